The van der Waals surface area contributed by atoms with Crippen LogP contribution in [0.25, 0.3) is 0 Å². The first-order valence-corrected chi connectivity index (χ1v) is 8.06. The number of hydrogen-bond acceptors (Lipinski definition) is 6. The Labute approximate surface area is 141 Å². The molecule has 2 N–H and O–H groups in total. The van der Waals surface area contributed by atoms with Crippen LogP contribution in [-0.2, 0) is 4.74 Å². The number of anilines is 1. The van der Waals surface area contributed by atoms with Gasteiger partial charge in [-0.05, 0) is 46.1 Å². The second kappa shape index (κ2) is 7.02. The van der Waals surface area contributed by atoms with Gasteiger partial charge in [-0.3, -0.25) is 10.1 Å². The van der Waals surface area contributed by atoms with E-state index in [1.165, 1.54) is 6.07 Å². The number of nitrogens with zero attached hydrogens (tertiary/aromatic N) is 3. The molecule has 1 unspecified atom stereocenters. The van der Waals surface area contributed by atoms with Crippen molar-refractivity contribution < 1.29 is 14.5 Å². The van der Waals surface area contributed by atoms with Crippen molar-refractivity contribution in [1.29, 1.82) is 0 Å². The van der Waals surface area contributed by atoms with Crippen molar-refractivity contribution in [3.8, 4) is 0 Å². The first-order valence-electron chi connectivity index (χ1n) is 8.06. The maximum atomic E-state index is 12.2. The molecule has 1 aromatic heterocycles. The van der Waals surface area contributed by atoms with E-state index in [1.54, 1.807) is 11.0 Å². The third-order valence-corrected chi connectivity index (χ3v) is 3.92. The van der Waals surface area contributed by atoms with E-state index in [-0.39, 0.29) is 23.5 Å². The number of amides is 1. The molecule has 132 valence electrons. The lowest BCUT2D eigenvalue weighted by Gasteiger charge is -2.26. The van der Waals surface area contributed by atoms with Crippen molar-refractivity contribution in [2.24, 2.45) is 0 Å². The average molecular weight is 336 g/mol. The first kappa shape index (κ1) is 18.0. The fraction of sp³-hybridized carbons (Fsp3) is 0.625. The smallest absolute Gasteiger partial charge is 0.410 e. The Morgan fingerprint density at radius 1 is 1.38 bits per heavy atom. The molecule has 1 amide bonds. The summed E-state index contributed by atoms with van der Waals surface area (Å²) in [5.41, 5.74) is 5.72. The summed E-state index contributed by atoms with van der Waals surface area (Å²) in [6.45, 7) is 6.73. The minimum Gasteiger partial charge on any atom is -0.444 e. The maximum Gasteiger partial charge on any atom is 0.410 e. The van der Waals surface area contributed by atoms with Gasteiger partial charge in [-0.25, -0.2) is 9.78 Å². The van der Waals surface area contributed by atoms with E-state index < -0.39 is 10.5 Å². The summed E-state index contributed by atoms with van der Waals surface area (Å²) in [6, 6.07) is 3.05. The van der Waals surface area contributed by atoms with E-state index in [4.69, 9.17) is 10.5 Å². The van der Waals surface area contributed by atoms with Gasteiger partial charge >= 0.3 is 11.8 Å². The van der Waals surface area contributed by atoms with E-state index in [0.717, 1.165) is 25.0 Å². The Balaban J connectivity index is 2.04. The topological polar surface area (TPSA) is 112 Å². The quantitative estimate of drug-likeness (QED) is 0.656. The Morgan fingerprint density at radius 2 is 2.08 bits per heavy atom. The maximum absolute atomic E-state index is 12.2. The molecule has 24 heavy (non-hydrogen) atoms. The zero-order valence-corrected chi connectivity index (χ0v) is 14.3. The van der Waals surface area contributed by atoms with Crippen LogP contribution in [0.1, 0.15) is 51.6 Å². The van der Waals surface area contributed by atoms with Gasteiger partial charge in [0.25, 0.3) is 0 Å². The van der Waals surface area contributed by atoms with Crippen molar-refractivity contribution in [2.75, 3.05) is 18.8 Å². The van der Waals surface area contributed by atoms with E-state index in [1.807, 2.05) is 20.8 Å². The van der Waals surface area contributed by atoms with Crippen molar-refractivity contribution in [3.63, 3.8) is 0 Å². The molecular formula is C16H24N4O4. The van der Waals surface area contributed by atoms with Crippen LogP contribution in [0.2, 0.25) is 0 Å². The SMILES string of the molecule is CC(C)(C)OC(=O)N1CCCC(c2ccc([N+](=O)[O-])c(N)n2)CC1. The van der Waals surface area contributed by atoms with Crippen molar-refractivity contribution in [2.45, 2.75) is 51.6 Å². The van der Waals surface area contributed by atoms with Crippen LogP contribution in [0.3, 0.4) is 0 Å². The summed E-state index contributed by atoms with van der Waals surface area (Å²) in [5, 5.41) is 10.8. The number of pyridine rings is 1. The summed E-state index contributed by atoms with van der Waals surface area (Å²) < 4.78 is 5.41. The molecule has 8 heteroatoms. The minimum atomic E-state index is -0.538. The molecule has 2 rings (SSSR count). The number of carbonyl (C=O) groups is 1. The van der Waals surface area contributed by atoms with Crippen LogP contribution in [0.4, 0.5) is 16.3 Å². The predicted octanol–water partition coefficient (Wildman–Crippen LogP) is 3.08. The van der Waals surface area contributed by atoms with Crippen LogP contribution in [-0.4, -0.2) is 39.6 Å². The summed E-state index contributed by atoms with van der Waals surface area (Å²) in [7, 11) is 0. The number of ether oxygens (including phenoxy) is 1. The second-order valence-corrected chi connectivity index (χ2v) is 6.99. The van der Waals surface area contributed by atoms with Crippen LogP contribution in [0.5, 0.6) is 0 Å². The summed E-state index contributed by atoms with van der Waals surface area (Å²) in [6.07, 6.45) is 2.09. The van der Waals surface area contributed by atoms with Crippen LogP contribution in [0, 0.1) is 10.1 Å². The standard InChI is InChI=1S/C16H24N4O4/c1-16(2,3)24-15(21)19-9-4-5-11(8-10-19)12-6-7-13(20(22)23)14(17)18-12/h6-7,11H,4-5,8-10H2,1-3H3,(H2,17,18). The van der Waals surface area contributed by atoms with Gasteiger partial charge in [0, 0.05) is 30.8 Å². The molecule has 2 heterocycles. The fourth-order valence-electron chi connectivity index (χ4n) is 2.77. The lowest BCUT2D eigenvalue weighted by Crippen LogP contribution is -2.37. The Morgan fingerprint density at radius 3 is 2.67 bits per heavy atom. The molecule has 0 aromatic carbocycles. The van der Waals surface area contributed by atoms with Crippen LogP contribution in [0.15, 0.2) is 12.1 Å². The molecule has 1 aliphatic rings. The molecule has 1 atom stereocenters. The van der Waals surface area contributed by atoms with Gasteiger partial charge in [0.1, 0.15) is 5.60 Å². The molecule has 8 nitrogen and oxygen atoms in total. The van der Waals surface area contributed by atoms with Gasteiger partial charge in [-0.15, -0.1) is 0 Å². The van der Waals surface area contributed by atoms with E-state index in [9.17, 15) is 14.9 Å². The molecule has 0 radical (unpaired) electrons. The monoisotopic (exact) mass is 336 g/mol. The molecule has 1 saturated heterocycles. The Hall–Kier alpha value is -2.38. The molecule has 1 aromatic rings. The molecule has 0 aliphatic carbocycles. The van der Waals surface area contributed by atoms with Gasteiger partial charge in [-0.2, -0.15) is 0 Å². The number of rotatable bonds is 2. The first-order chi connectivity index (χ1) is 11.2. The fourth-order valence-corrected chi connectivity index (χ4v) is 2.77. The highest BCUT2D eigenvalue weighted by molar-refractivity contribution is 5.68. The third kappa shape index (κ3) is 4.56. The molecule has 0 spiro atoms. The zero-order chi connectivity index (χ0) is 17.9. The number of aromatic nitrogens is 1. The lowest BCUT2D eigenvalue weighted by atomic mass is 9.96. The predicted molar refractivity (Wildman–Crippen MR) is 89.7 cm³/mol. The highest BCUT2D eigenvalue weighted by Gasteiger charge is 2.27. The highest BCUT2D eigenvalue weighted by Crippen LogP contribution is 2.30. The van der Waals surface area contributed by atoms with Gasteiger partial charge in [0.15, 0.2) is 0 Å². The summed E-state index contributed by atoms with van der Waals surface area (Å²) >= 11 is 0. The molecule has 0 saturated carbocycles. The molecule has 0 bridgehead atoms. The van der Waals surface area contributed by atoms with Crippen LogP contribution < -0.4 is 5.73 Å². The van der Waals surface area contributed by atoms with E-state index >= 15 is 0 Å². The minimum absolute atomic E-state index is 0.0641. The van der Waals surface area contributed by atoms with Gasteiger partial charge in [0.2, 0.25) is 5.82 Å². The molecule has 1 aliphatic heterocycles. The normalized spacial score (nSPS) is 18.8. The van der Waals surface area contributed by atoms with Crippen molar-refractivity contribution >= 4 is 17.6 Å². The van der Waals surface area contributed by atoms with E-state index in [0.29, 0.717) is 13.1 Å². The largest absolute Gasteiger partial charge is 0.444 e. The van der Waals surface area contributed by atoms with E-state index in [2.05, 4.69) is 4.98 Å². The van der Waals surface area contributed by atoms with Gasteiger partial charge in [-0.1, -0.05) is 0 Å². The summed E-state index contributed by atoms with van der Waals surface area (Å²) in [5.74, 6) is 0.0614. The number of likely N-dealkylation sites (tertiary alicyclic amines) is 1. The highest BCUT2D eigenvalue weighted by atomic mass is 16.6. The number of nitro groups is 1. The second-order valence-electron chi connectivity index (χ2n) is 6.99. The summed E-state index contributed by atoms with van der Waals surface area (Å²) in [4.78, 5) is 28.4. The van der Waals surface area contributed by atoms with Crippen molar-refractivity contribution in [1.82, 2.24) is 9.88 Å². The Kier molecular flexibility index (Phi) is 5.26. The number of carbonyl (C=O) groups excluding carboxylic acids is 1. The van der Waals surface area contributed by atoms with Gasteiger partial charge in [0.05, 0.1) is 4.92 Å². The number of nitrogen functional groups attached to an aromatic ring is 1. The Bertz CT molecular complexity index is 627. The average Bonchev–Trinajstić information content (AvgIpc) is 2.70. The lowest BCUT2D eigenvalue weighted by molar-refractivity contribution is -0.384. The number of nitrogens with two attached hydrogens (primary N) is 1. The molecule has 1 fully saturated rings. The van der Waals surface area contributed by atoms with Gasteiger partial charge < -0.3 is 15.4 Å². The third-order valence-electron chi connectivity index (χ3n) is 3.92. The van der Waals surface area contributed by atoms with Crippen molar-refractivity contribution in [3.05, 3.63) is 27.9 Å². The molecular weight excluding hydrogens is 312 g/mol. The van der Waals surface area contributed by atoms with Crippen LogP contribution >= 0.6 is 0 Å². The number of hydrogen-bond donors (Lipinski definition) is 1. The zero-order valence-electron chi connectivity index (χ0n) is 14.3.